The molecule has 0 spiro atoms. The summed E-state index contributed by atoms with van der Waals surface area (Å²) in [5, 5.41) is 5.22. The second kappa shape index (κ2) is 5.92. The standard InChI is InChI=1S/C28H21BN2/c1-30-24-14-8-7-13-22(24)29-23-16-15-18-9-3-5-11-20(18)27(23)31(2)25-17-19-10-4-6-12-21(19)28(30)26(25)29/h3-17H,1-2H3. The van der Waals surface area contributed by atoms with Crippen LogP contribution in [0, 0.1) is 0 Å². The SMILES string of the molecule is CN1c2cc3ccccc3c3c2B(c2ccccc2N3C)c2ccc3ccccc3c21. The summed E-state index contributed by atoms with van der Waals surface area (Å²) >= 11 is 0. The van der Waals surface area contributed by atoms with Gasteiger partial charge in [0.15, 0.2) is 0 Å². The van der Waals surface area contributed by atoms with Crippen molar-refractivity contribution < 1.29 is 0 Å². The quantitative estimate of drug-likeness (QED) is 0.351. The van der Waals surface area contributed by atoms with E-state index in [0.29, 0.717) is 0 Å². The third-order valence-electron chi connectivity index (χ3n) is 7.21. The van der Waals surface area contributed by atoms with Gasteiger partial charge in [-0.1, -0.05) is 78.9 Å². The van der Waals surface area contributed by atoms with Crippen molar-refractivity contribution in [2.45, 2.75) is 0 Å². The molecule has 0 unspecified atom stereocenters. The third-order valence-corrected chi connectivity index (χ3v) is 7.21. The van der Waals surface area contributed by atoms with Crippen LogP contribution in [0.15, 0.2) is 91.0 Å². The van der Waals surface area contributed by atoms with Crippen LogP contribution in [0.1, 0.15) is 0 Å². The number of anilines is 4. The molecule has 0 fully saturated rings. The summed E-state index contributed by atoms with van der Waals surface area (Å²) in [6, 6.07) is 33.5. The van der Waals surface area contributed by atoms with E-state index >= 15 is 0 Å². The van der Waals surface area contributed by atoms with Crippen LogP contribution >= 0.6 is 0 Å². The van der Waals surface area contributed by atoms with Gasteiger partial charge >= 0.3 is 0 Å². The van der Waals surface area contributed by atoms with Gasteiger partial charge in [-0.3, -0.25) is 0 Å². The lowest BCUT2D eigenvalue weighted by molar-refractivity contribution is 1.20. The molecule has 0 aliphatic carbocycles. The van der Waals surface area contributed by atoms with E-state index in [2.05, 4.69) is 115 Å². The zero-order valence-corrected chi connectivity index (χ0v) is 17.6. The molecule has 0 bridgehead atoms. The Morgan fingerprint density at radius 3 is 2.03 bits per heavy atom. The number of benzene rings is 5. The van der Waals surface area contributed by atoms with E-state index in [4.69, 9.17) is 0 Å². The maximum atomic E-state index is 2.42. The average molecular weight is 396 g/mol. The zero-order valence-electron chi connectivity index (χ0n) is 17.6. The third kappa shape index (κ3) is 2.08. The molecule has 3 heteroatoms. The van der Waals surface area contributed by atoms with Gasteiger partial charge in [-0.15, -0.1) is 0 Å². The van der Waals surface area contributed by atoms with Crippen molar-refractivity contribution >= 4 is 67.4 Å². The van der Waals surface area contributed by atoms with Gasteiger partial charge in [0.05, 0.1) is 0 Å². The minimum atomic E-state index is 0.234. The number of para-hydroxylation sites is 1. The Hall–Kier alpha value is -3.72. The van der Waals surface area contributed by atoms with Crippen molar-refractivity contribution in [1.82, 2.24) is 0 Å². The number of hydrogen-bond acceptors (Lipinski definition) is 2. The lowest BCUT2D eigenvalue weighted by Gasteiger charge is -2.43. The summed E-state index contributed by atoms with van der Waals surface area (Å²) in [6.07, 6.45) is 0. The molecule has 146 valence electrons. The number of nitrogens with zero attached hydrogens (tertiary/aromatic N) is 2. The van der Waals surface area contributed by atoms with Crippen LogP contribution in [0.4, 0.5) is 22.7 Å². The first-order valence-electron chi connectivity index (χ1n) is 10.9. The molecule has 31 heavy (non-hydrogen) atoms. The highest BCUT2D eigenvalue weighted by Gasteiger charge is 2.41. The summed E-state index contributed by atoms with van der Waals surface area (Å²) < 4.78 is 0. The van der Waals surface area contributed by atoms with Gasteiger partial charge in [0, 0.05) is 47.6 Å². The van der Waals surface area contributed by atoms with E-state index in [1.54, 1.807) is 0 Å². The van der Waals surface area contributed by atoms with E-state index in [1.807, 2.05) is 0 Å². The highest BCUT2D eigenvalue weighted by atomic mass is 15.1. The summed E-state index contributed by atoms with van der Waals surface area (Å²) in [7, 11) is 4.44. The van der Waals surface area contributed by atoms with Crippen LogP contribution in [0.2, 0.25) is 0 Å². The van der Waals surface area contributed by atoms with Crippen molar-refractivity contribution in [3.05, 3.63) is 91.0 Å². The molecule has 0 saturated heterocycles. The molecule has 0 radical (unpaired) electrons. The Kier molecular flexibility index (Phi) is 3.25. The van der Waals surface area contributed by atoms with E-state index in [1.165, 1.54) is 60.7 Å². The van der Waals surface area contributed by atoms with Gasteiger partial charge in [-0.05, 0) is 39.3 Å². The molecule has 2 nitrogen and oxygen atoms in total. The smallest absolute Gasteiger partial charge is 0.252 e. The first-order chi connectivity index (χ1) is 15.2. The summed E-state index contributed by atoms with van der Waals surface area (Å²) in [6.45, 7) is 0.234. The van der Waals surface area contributed by atoms with Crippen LogP contribution < -0.4 is 26.2 Å². The summed E-state index contributed by atoms with van der Waals surface area (Å²) in [5.74, 6) is 0. The summed E-state index contributed by atoms with van der Waals surface area (Å²) in [4.78, 5) is 4.81. The van der Waals surface area contributed by atoms with Gasteiger partial charge in [0.1, 0.15) is 0 Å². The fraction of sp³-hybridized carbons (Fsp3) is 0.0714. The minimum Gasteiger partial charge on any atom is -0.345 e. The second-order valence-corrected chi connectivity index (χ2v) is 8.71. The number of hydrogen-bond donors (Lipinski definition) is 0. The lowest BCUT2D eigenvalue weighted by Crippen LogP contribution is -2.61. The number of rotatable bonds is 0. The van der Waals surface area contributed by atoms with Gasteiger partial charge in [-0.2, -0.15) is 0 Å². The molecule has 5 aromatic carbocycles. The van der Waals surface area contributed by atoms with E-state index in [-0.39, 0.29) is 6.71 Å². The normalized spacial score (nSPS) is 13.9. The Bertz CT molecular complexity index is 1540. The van der Waals surface area contributed by atoms with Gasteiger partial charge in [0.25, 0.3) is 6.71 Å². The second-order valence-electron chi connectivity index (χ2n) is 8.71. The first kappa shape index (κ1) is 17.0. The molecule has 2 aliphatic heterocycles. The highest BCUT2D eigenvalue weighted by Crippen LogP contribution is 2.41. The molecule has 2 aliphatic rings. The van der Waals surface area contributed by atoms with Crippen LogP contribution in [0.25, 0.3) is 21.5 Å². The predicted octanol–water partition coefficient (Wildman–Crippen LogP) is 4.67. The van der Waals surface area contributed by atoms with Gasteiger partial charge in [-0.25, -0.2) is 0 Å². The van der Waals surface area contributed by atoms with Crippen molar-refractivity contribution in [2.75, 3.05) is 23.9 Å². The van der Waals surface area contributed by atoms with Gasteiger partial charge < -0.3 is 9.80 Å². The van der Waals surface area contributed by atoms with Crippen LogP contribution in [-0.4, -0.2) is 20.8 Å². The van der Waals surface area contributed by atoms with E-state index in [0.717, 1.165) is 0 Å². The van der Waals surface area contributed by atoms with E-state index in [9.17, 15) is 0 Å². The average Bonchev–Trinajstić information content (AvgIpc) is 2.82. The molecule has 2 heterocycles. The molecule has 7 rings (SSSR count). The molecule has 5 aromatic rings. The Balaban J connectivity index is 1.69. The lowest BCUT2D eigenvalue weighted by atomic mass is 9.33. The monoisotopic (exact) mass is 396 g/mol. The predicted molar refractivity (Wildman–Crippen MR) is 135 cm³/mol. The molecule has 0 saturated carbocycles. The maximum Gasteiger partial charge on any atom is 0.252 e. The fourth-order valence-electron chi connectivity index (χ4n) is 5.89. The minimum absolute atomic E-state index is 0.234. The molecule has 0 amide bonds. The van der Waals surface area contributed by atoms with Gasteiger partial charge in [0.2, 0.25) is 0 Å². The molecular weight excluding hydrogens is 375 g/mol. The topological polar surface area (TPSA) is 6.48 Å². The highest BCUT2D eigenvalue weighted by molar-refractivity contribution is 7.00. The zero-order chi connectivity index (χ0) is 20.7. The molecular formula is C28H21BN2. The number of fused-ring (bicyclic) bond motifs is 8. The Labute approximate surface area is 182 Å². The fourth-order valence-corrected chi connectivity index (χ4v) is 5.89. The van der Waals surface area contributed by atoms with Crippen LogP contribution in [0.3, 0.4) is 0 Å². The Morgan fingerprint density at radius 1 is 0.548 bits per heavy atom. The van der Waals surface area contributed by atoms with Crippen LogP contribution in [-0.2, 0) is 0 Å². The molecule has 0 aromatic heterocycles. The van der Waals surface area contributed by atoms with E-state index < -0.39 is 0 Å². The van der Waals surface area contributed by atoms with Crippen molar-refractivity contribution in [3.63, 3.8) is 0 Å². The molecule has 0 N–H and O–H groups in total. The van der Waals surface area contributed by atoms with Crippen LogP contribution in [0.5, 0.6) is 0 Å². The largest absolute Gasteiger partial charge is 0.345 e. The maximum absolute atomic E-state index is 2.42. The Morgan fingerprint density at radius 2 is 1.19 bits per heavy atom. The van der Waals surface area contributed by atoms with Crippen molar-refractivity contribution in [3.8, 4) is 0 Å². The molecule has 0 atom stereocenters. The van der Waals surface area contributed by atoms with Crippen molar-refractivity contribution in [1.29, 1.82) is 0 Å². The first-order valence-corrected chi connectivity index (χ1v) is 10.9. The summed E-state index contributed by atoms with van der Waals surface area (Å²) in [5.41, 5.74) is 9.48. The van der Waals surface area contributed by atoms with Crippen molar-refractivity contribution in [2.24, 2.45) is 0 Å².